The number of carbonyl (C=O) groups excluding carboxylic acids is 1. The molecule has 0 aromatic heterocycles. The highest BCUT2D eigenvalue weighted by molar-refractivity contribution is 7.88. The van der Waals surface area contributed by atoms with Gasteiger partial charge in [-0.15, -0.1) is 0 Å². The van der Waals surface area contributed by atoms with E-state index < -0.39 is 10.0 Å². The van der Waals surface area contributed by atoms with Crippen molar-refractivity contribution in [3.63, 3.8) is 0 Å². The van der Waals surface area contributed by atoms with Crippen molar-refractivity contribution in [3.05, 3.63) is 35.9 Å². The molecule has 1 fully saturated rings. The number of sulfonamides is 1. The zero-order valence-corrected chi connectivity index (χ0v) is 14.5. The second kappa shape index (κ2) is 8.45. The van der Waals surface area contributed by atoms with E-state index in [9.17, 15) is 13.2 Å². The molecule has 0 aliphatic carbocycles. The van der Waals surface area contributed by atoms with E-state index in [1.165, 1.54) is 11.8 Å². The monoisotopic (exact) mass is 338 g/mol. The molecule has 128 valence electrons. The summed E-state index contributed by atoms with van der Waals surface area (Å²) < 4.78 is 24.9. The van der Waals surface area contributed by atoms with Crippen LogP contribution >= 0.6 is 0 Å². The maximum Gasteiger partial charge on any atom is 0.222 e. The number of rotatable bonds is 7. The van der Waals surface area contributed by atoms with Crippen LogP contribution in [0.1, 0.15) is 31.2 Å². The molecule has 1 aromatic rings. The molecule has 23 heavy (non-hydrogen) atoms. The molecule has 1 saturated heterocycles. The summed E-state index contributed by atoms with van der Waals surface area (Å²) in [5, 5.41) is 0. The van der Waals surface area contributed by atoms with Gasteiger partial charge in [-0.2, -0.15) is 0 Å². The molecule has 1 N–H and O–H groups in total. The lowest BCUT2D eigenvalue weighted by molar-refractivity contribution is -0.133. The van der Waals surface area contributed by atoms with Gasteiger partial charge < -0.3 is 4.90 Å². The summed E-state index contributed by atoms with van der Waals surface area (Å²) in [7, 11) is -3.16. The van der Waals surface area contributed by atoms with Crippen LogP contribution in [0.25, 0.3) is 0 Å². The van der Waals surface area contributed by atoms with Crippen LogP contribution in [0.4, 0.5) is 0 Å². The molecule has 1 atom stereocenters. The molecule has 0 unspecified atom stereocenters. The Hall–Kier alpha value is -1.40. The van der Waals surface area contributed by atoms with Crippen LogP contribution in [-0.4, -0.2) is 45.1 Å². The van der Waals surface area contributed by atoms with E-state index in [2.05, 4.69) is 16.9 Å². The van der Waals surface area contributed by atoms with E-state index in [1.54, 1.807) is 0 Å². The van der Waals surface area contributed by atoms with Crippen molar-refractivity contribution in [1.82, 2.24) is 9.62 Å². The number of aryl methyl sites for hydroxylation is 1. The zero-order chi connectivity index (χ0) is 16.7. The highest BCUT2D eigenvalue weighted by Gasteiger charge is 2.23. The maximum atomic E-state index is 12.3. The van der Waals surface area contributed by atoms with Crippen LogP contribution in [0.2, 0.25) is 0 Å². The molecule has 1 heterocycles. The quantitative estimate of drug-likeness (QED) is 0.824. The number of nitrogens with zero attached hydrogens (tertiary/aromatic N) is 1. The van der Waals surface area contributed by atoms with Gasteiger partial charge in [-0.05, 0) is 37.2 Å². The van der Waals surface area contributed by atoms with Crippen LogP contribution in [-0.2, 0) is 21.2 Å². The van der Waals surface area contributed by atoms with Crippen molar-refractivity contribution >= 4 is 15.9 Å². The summed E-state index contributed by atoms with van der Waals surface area (Å²) in [6.45, 7) is 1.87. The van der Waals surface area contributed by atoms with Crippen LogP contribution < -0.4 is 4.72 Å². The van der Waals surface area contributed by atoms with E-state index in [0.29, 0.717) is 19.5 Å². The van der Waals surface area contributed by atoms with Crippen LogP contribution in [0.3, 0.4) is 0 Å². The predicted octanol–water partition coefficient (Wildman–Crippen LogP) is 1.80. The maximum absolute atomic E-state index is 12.3. The largest absolute Gasteiger partial charge is 0.342 e. The van der Waals surface area contributed by atoms with Crippen LogP contribution in [0.5, 0.6) is 0 Å². The Kier molecular flexibility index (Phi) is 6.59. The van der Waals surface area contributed by atoms with Crippen molar-refractivity contribution in [2.45, 2.75) is 32.1 Å². The zero-order valence-electron chi connectivity index (χ0n) is 13.7. The smallest absolute Gasteiger partial charge is 0.222 e. The Morgan fingerprint density at radius 1 is 1.30 bits per heavy atom. The minimum Gasteiger partial charge on any atom is -0.342 e. The fraction of sp³-hybridized carbons (Fsp3) is 0.588. The van der Waals surface area contributed by atoms with Gasteiger partial charge >= 0.3 is 0 Å². The summed E-state index contributed by atoms with van der Waals surface area (Å²) in [4.78, 5) is 14.2. The molecule has 0 radical (unpaired) electrons. The first-order valence-electron chi connectivity index (χ1n) is 8.20. The van der Waals surface area contributed by atoms with Gasteiger partial charge in [-0.1, -0.05) is 30.3 Å². The molecule has 0 saturated carbocycles. The summed E-state index contributed by atoms with van der Waals surface area (Å²) in [6, 6.07) is 10.2. The Balaban J connectivity index is 1.73. The SMILES string of the molecule is CS(=O)(=O)NC[C@H]1CCCN(C(=O)CCCc2ccccc2)C1. The summed E-state index contributed by atoms with van der Waals surface area (Å²) in [6.07, 6.45) is 5.41. The third-order valence-electron chi connectivity index (χ3n) is 4.20. The van der Waals surface area contributed by atoms with Gasteiger partial charge in [0.2, 0.25) is 15.9 Å². The molecular weight excluding hydrogens is 312 g/mol. The average molecular weight is 338 g/mol. The van der Waals surface area contributed by atoms with E-state index in [4.69, 9.17) is 0 Å². The fourth-order valence-electron chi connectivity index (χ4n) is 2.97. The number of amides is 1. The Morgan fingerprint density at radius 2 is 2.04 bits per heavy atom. The topological polar surface area (TPSA) is 66.5 Å². The molecule has 6 heteroatoms. The normalized spacial score (nSPS) is 18.8. The lowest BCUT2D eigenvalue weighted by Crippen LogP contribution is -2.43. The Morgan fingerprint density at radius 3 is 2.74 bits per heavy atom. The highest BCUT2D eigenvalue weighted by Crippen LogP contribution is 2.17. The summed E-state index contributed by atoms with van der Waals surface area (Å²) in [5.41, 5.74) is 1.26. The lowest BCUT2D eigenvalue weighted by Gasteiger charge is -2.33. The molecular formula is C17H26N2O3S. The number of likely N-dealkylation sites (tertiary alicyclic amines) is 1. The van der Waals surface area contributed by atoms with Gasteiger partial charge in [-0.3, -0.25) is 4.79 Å². The van der Waals surface area contributed by atoms with Crippen molar-refractivity contribution in [2.24, 2.45) is 5.92 Å². The van der Waals surface area contributed by atoms with Gasteiger partial charge in [0.25, 0.3) is 0 Å². The first-order chi connectivity index (χ1) is 10.9. The third kappa shape index (κ3) is 6.71. The third-order valence-corrected chi connectivity index (χ3v) is 4.90. The van der Waals surface area contributed by atoms with Crippen molar-refractivity contribution < 1.29 is 13.2 Å². The number of nitrogens with one attached hydrogen (secondary N) is 1. The van der Waals surface area contributed by atoms with E-state index in [0.717, 1.165) is 32.2 Å². The number of hydrogen-bond acceptors (Lipinski definition) is 3. The van der Waals surface area contributed by atoms with Gasteiger partial charge in [0.15, 0.2) is 0 Å². The molecule has 0 bridgehead atoms. The summed E-state index contributed by atoms with van der Waals surface area (Å²) >= 11 is 0. The first-order valence-corrected chi connectivity index (χ1v) is 10.1. The van der Waals surface area contributed by atoms with Crippen LogP contribution in [0.15, 0.2) is 30.3 Å². The van der Waals surface area contributed by atoms with Gasteiger partial charge in [0.05, 0.1) is 6.26 Å². The molecule has 5 nitrogen and oxygen atoms in total. The molecule has 1 aliphatic rings. The van der Waals surface area contributed by atoms with E-state index >= 15 is 0 Å². The van der Waals surface area contributed by atoms with Gasteiger partial charge in [-0.25, -0.2) is 13.1 Å². The lowest BCUT2D eigenvalue weighted by atomic mass is 9.97. The summed E-state index contributed by atoms with van der Waals surface area (Å²) in [5.74, 6) is 0.404. The van der Waals surface area contributed by atoms with Crippen molar-refractivity contribution in [2.75, 3.05) is 25.9 Å². The minimum atomic E-state index is -3.16. The average Bonchev–Trinajstić information content (AvgIpc) is 2.53. The van der Waals surface area contributed by atoms with E-state index in [1.807, 2.05) is 23.1 Å². The van der Waals surface area contributed by atoms with Gasteiger partial charge in [0.1, 0.15) is 0 Å². The number of carbonyl (C=O) groups is 1. The molecule has 1 aromatic carbocycles. The Bertz CT molecular complexity index is 602. The number of piperidine rings is 1. The molecule has 1 amide bonds. The van der Waals surface area contributed by atoms with Crippen LogP contribution in [0, 0.1) is 5.92 Å². The highest BCUT2D eigenvalue weighted by atomic mass is 32.2. The second-order valence-corrected chi connectivity index (χ2v) is 8.14. The first kappa shape index (κ1) is 17.9. The standard InChI is InChI=1S/C17H26N2O3S/c1-23(21,22)18-13-16-10-6-12-19(14-16)17(20)11-5-9-15-7-3-2-4-8-15/h2-4,7-8,16,18H,5-6,9-14H2,1H3/t16-/m1/s1. The minimum absolute atomic E-state index is 0.185. The second-order valence-electron chi connectivity index (χ2n) is 6.31. The number of hydrogen-bond donors (Lipinski definition) is 1. The van der Waals surface area contributed by atoms with Gasteiger partial charge in [0, 0.05) is 26.1 Å². The molecule has 0 spiro atoms. The fourth-order valence-corrected chi connectivity index (χ4v) is 3.51. The molecule has 1 aliphatic heterocycles. The van der Waals surface area contributed by atoms with Crippen molar-refractivity contribution in [1.29, 1.82) is 0 Å². The molecule has 2 rings (SSSR count). The Labute approximate surface area is 139 Å². The predicted molar refractivity (Wildman–Crippen MR) is 91.5 cm³/mol. The number of benzene rings is 1. The van der Waals surface area contributed by atoms with Crippen molar-refractivity contribution in [3.8, 4) is 0 Å². The van der Waals surface area contributed by atoms with E-state index in [-0.39, 0.29) is 11.8 Å².